The molecule has 0 aliphatic rings. The highest BCUT2D eigenvalue weighted by molar-refractivity contribution is 4.85. The van der Waals surface area contributed by atoms with E-state index < -0.39 is 0 Å². The zero-order chi connectivity index (χ0) is 6.95. The van der Waals surface area contributed by atoms with Gasteiger partial charge in [-0.25, -0.2) is 0 Å². The molecule has 0 aromatic heterocycles. The van der Waals surface area contributed by atoms with E-state index in [0.717, 1.165) is 19.3 Å². The van der Waals surface area contributed by atoms with E-state index >= 15 is 0 Å². The molecule has 0 aliphatic heterocycles. The van der Waals surface area contributed by atoms with Crippen LogP contribution in [0.1, 0.15) is 26.2 Å². The van der Waals surface area contributed by atoms with Crippen molar-refractivity contribution >= 4 is 0 Å². The first-order chi connectivity index (χ1) is 4.41. The molecule has 0 nitrogen and oxygen atoms in total. The van der Waals surface area contributed by atoms with Crippen LogP contribution >= 0.6 is 0 Å². The van der Waals surface area contributed by atoms with Crippen molar-refractivity contribution in [2.75, 3.05) is 0 Å². The Balaban J connectivity index is 2.82. The summed E-state index contributed by atoms with van der Waals surface area (Å²) >= 11 is 0. The Morgan fingerprint density at radius 1 is 1.33 bits per heavy atom. The van der Waals surface area contributed by atoms with Gasteiger partial charge in [0.15, 0.2) is 0 Å². The van der Waals surface area contributed by atoms with Gasteiger partial charge in [-0.15, -0.1) is 6.58 Å². The van der Waals surface area contributed by atoms with Gasteiger partial charge in [-0.2, -0.15) is 0 Å². The minimum absolute atomic E-state index is 1.10. The number of hydrogen-bond donors (Lipinski definition) is 0. The Bertz CT molecular complexity index is 80.0. The molecule has 0 heterocycles. The molecule has 0 saturated heterocycles. The lowest BCUT2D eigenvalue weighted by molar-refractivity contribution is 0.935. The second-order valence-corrected chi connectivity index (χ2v) is 1.96. The zero-order valence-electron chi connectivity index (χ0n) is 6.14. The molecule has 9 heavy (non-hydrogen) atoms. The fourth-order valence-corrected chi connectivity index (χ4v) is 0.586. The molecular formula is C9H15. The van der Waals surface area contributed by atoms with Gasteiger partial charge in [-0.3, -0.25) is 0 Å². The molecule has 0 spiro atoms. The van der Waals surface area contributed by atoms with E-state index in [1.165, 1.54) is 0 Å². The van der Waals surface area contributed by atoms with E-state index in [-0.39, 0.29) is 0 Å². The SMILES string of the molecule is C=CCC[CH]CC=CC. The minimum Gasteiger partial charge on any atom is -0.103 e. The highest BCUT2D eigenvalue weighted by Crippen LogP contribution is 1.98. The first-order valence-electron chi connectivity index (χ1n) is 3.45. The Labute approximate surface area is 58.3 Å². The van der Waals surface area contributed by atoms with Crippen molar-refractivity contribution in [2.45, 2.75) is 26.2 Å². The maximum absolute atomic E-state index is 3.64. The number of hydrogen-bond acceptors (Lipinski definition) is 0. The Morgan fingerprint density at radius 2 is 2.11 bits per heavy atom. The van der Waals surface area contributed by atoms with Crippen LogP contribution in [0.25, 0.3) is 0 Å². The van der Waals surface area contributed by atoms with Crippen LogP contribution in [0, 0.1) is 6.42 Å². The Hall–Kier alpha value is -0.520. The van der Waals surface area contributed by atoms with Crippen LogP contribution in [-0.4, -0.2) is 0 Å². The molecule has 1 radical (unpaired) electrons. The summed E-state index contributed by atoms with van der Waals surface area (Å²) in [5, 5.41) is 0. The van der Waals surface area contributed by atoms with Crippen LogP contribution in [-0.2, 0) is 0 Å². The van der Waals surface area contributed by atoms with Gasteiger partial charge in [0.25, 0.3) is 0 Å². The van der Waals surface area contributed by atoms with Crippen LogP contribution in [0.4, 0.5) is 0 Å². The van der Waals surface area contributed by atoms with Gasteiger partial charge in [-0.05, 0) is 32.6 Å². The molecule has 0 bridgehead atoms. The molecule has 0 rings (SSSR count). The van der Waals surface area contributed by atoms with Crippen LogP contribution in [0.3, 0.4) is 0 Å². The summed E-state index contributed by atoms with van der Waals surface area (Å²) < 4.78 is 0. The van der Waals surface area contributed by atoms with Crippen molar-refractivity contribution in [3.63, 3.8) is 0 Å². The van der Waals surface area contributed by atoms with Crippen molar-refractivity contribution in [2.24, 2.45) is 0 Å². The van der Waals surface area contributed by atoms with E-state index in [9.17, 15) is 0 Å². The molecule has 0 atom stereocenters. The lowest BCUT2D eigenvalue weighted by Gasteiger charge is -1.89. The minimum atomic E-state index is 1.10. The number of allylic oxidation sites excluding steroid dienone is 3. The second kappa shape index (κ2) is 7.48. The van der Waals surface area contributed by atoms with Gasteiger partial charge in [0.1, 0.15) is 0 Å². The average molecular weight is 123 g/mol. The lowest BCUT2D eigenvalue weighted by Crippen LogP contribution is -1.71. The average Bonchev–Trinajstić information content (AvgIpc) is 1.89. The maximum atomic E-state index is 3.64. The van der Waals surface area contributed by atoms with Gasteiger partial charge >= 0.3 is 0 Å². The third-order valence-corrected chi connectivity index (χ3v) is 1.11. The normalized spacial score (nSPS) is 10.3. The fourth-order valence-electron chi connectivity index (χ4n) is 0.586. The first kappa shape index (κ1) is 8.48. The van der Waals surface area contributed by atoms with Crippen LogP contribution in [0.2, 0.25) is 0 Å². The number of rotatable bonds is 5. The summed E-state index contributed by atoms with van der Waals surface area (Å²) in [6.45, 7) is 5.68. The predicted octanol–water partition coefficient (Wildman–Crippen LogP) is 3.12. The van der Waals surface area contributed by atoms with Gasteiger partial charge in [0, 0.05) is 0 Å². The van der Waals surface area contributed by atoms with Crippen LogP contribution < -0.4 is 0 Å². The molecule has 0 fully saturated rings. The maximum Gasteiger partial charge on any atom is -0.0319 e. The summed E-state index contributed by atoms with van der Waals surface area (Å²) in [4.78, 5) is 0. The molecular weight excluding hydrogens is 108 g/mol. The summed E-state index contributed by atoms with van der Waals surface area (Å²) in [7, 11) is 0. The molecule has 0 heteroatoms. The summed E-state index contributed by atoms with van der Waals surface area (Å²) in [6.07, 6.45) is 11.8. The van der Waals surface area contributed by atoms with E-state index in [1.54, 1.807) is 0 Å². The predicted molar refractivity (Wildman–Crippen MR) is 43.2 cm³/mol. The van der Waals surface area contributed by atoms with Crippen molar-refractivity contribution in [1.29, 1.82) is 0 Å². The fraction of sp³-hybridized carbons (Fsp3) is 0.444. The molecule has 51 valence electrons. The quantitative estimate of drug-likeness (QED) is 0.389. The highest BCUT2D eigenvalue weighted by Gasteiger charge is 1.80. The van der Waals surface area contributed by atoms with Gasteiger partial charge in [0.05, 0.1) is 0 Å². The van der Waals surface area contributed by atoms with Gasteiger partial charge < -0.3 is 0 Å². The third-order valence-electron chi connectivity index (χ3n) is 1.11. The molecule has 0 aromatic carbocycles. The summed E-state index contributed by atoms with van der Waals surface area (Å²) in [5.41, 5.74) is 0. The lowest BCUT2D eigenvalue weighted by atomic mass is 10.2. The Morgan fingerprint density at radius 3 is 2.67 bits per heavy atom. The molecule has 0 saturated carbocycles. The van der Waals surface area contributed by atoms with Crippen molar-refractivity contribution in [1.82, 2.24) is 0 Å². The monoisotopic (exact) mass is 123 g/mol. The smallest absolute Gasteiger partial charge is 0.0319 e. The molecule has 0 unspecified atom stereocenters. The third kappa shape index (κ3) is 7.48. The molecule has 0 aromatic rings. The standard InChI is InChI=1S/C9H15/c1-3-5-7-9-8-6-4-2/h3-4,6,9H,1,5,7-8H2,2H3. The van der Waals surface area contributed by atoms with Gasteiger partial charge in [0.2, 0.25) is 0 Å². The van der Waals surface area contributed by atoms with E-state index in [1.807, 2.05) is 13.0 Å². The second-order valence-electron chi connectivity index (χ2n) is 1.96. The van der Waals surface area contributed by atoms with E-state index in [4.69, 9.17) is 0 Å². The summed E-state index contributed by atoms with van der Waals surface area (Å²) in [5.74, 6) is 0. The molecule has 0 N–H and O–H groups in total. The van der Waals surface area contributed by atoms with E-state index in [0.29, 0.717) is 0 Å². The molecule has 0 aliphatic carbocycles. The van der Waals surface area contributed by atoms with Gasteiger partial charge in [-0.1, -0.05) is 18.2 Å². The summed E-state index contributed by atoms with van der Waals surface area (Å²) in [6, 6.07) is 0. The van der Waals surface area contributed by atoms with Crippen molar-refractivity contribution < 1.29 is 0 Å². The first-order valence-corrected chi connectivity index (χ1v) is 3.45. The highest BCUT2D eigenvalue weighted by atomic mass is 13.9. The number of unbranched alkanes of at least 4 members (excludes halogenated alkanes) is 3. The van der Waals surface area contributed by atoms with Crippen molar-refractivity contribution in [3.8, 4) is 0 Å². The Kier molecular flexibility index (Phi) is 7.05. The van der Waals surface area contributed by atoms with Crippen molar-refractivity contribution in [3.05, 3.63) is 31.2 Å². The van der Waals surface area contributed by atoms with Crippen LogP contribution in [0.5, 0.6) is 0 Å². The largest absolute Gasteiger partial charge is 0.103 e. The zero-order valence-corrected chi connectivity index (χ0v) is 6.14. The molecule has 0 amide bonds. The van der Waals surface area contributed by atoms with E-state index in [2.05, 4.69) is 25.2 Å². The topological polar surface area (TPSA) is 0 Å². The van der Waals surface area contributed by atoms with Crippen LogP contribution in [0.15, 0.2) is 24.8 Å².